The van der Waals surface area contributed by atoms with E-state index in [9.17, 15) is 0 Å². The van der Waals surface area contributed by atoms with Gasteiger partial charge in [0, 0.05) is 11.6 Å². The average Bonchev–Trinajstić information content (AvgIpc) is 2.84. The van der Waals surface area contributed by atoms with Gasteiger partial charge in [0.05, 0.1) is 7.11 Å². The molecule has 90 valence electrons. The normalized spacial score (nSPS) is 10.7. The van der Waals surface area contributed by atoms with E-state index in [1.165, 1.54) is 0 Å². The number of nitrogens with two attached hydrogens (primary N) is 1. The van der Waals surface area contributed by atoms with E-state index >= 15 is 0 Å². The first kappa shape index (κ1) is 10.5. The molecule has 3 rings (SSSR count). The van der Waals surface area contributed by atoms with Gasteiger partial charge in [-0.3, -0.25) is 0 Å². The van der Waals surface area contributed by atoms with Gasteiger partial charge in [-0.05, 0) is 29.7 Å². The van der Waals surface area contributed by atoms with Crippen molar-refractivity contribution in [1.29, 1.82) is 0 Å². The maximum absolute atomic E-state index is 5.51. The van der Waals surface area contributed by atoms with Crippen LogP contribution >= 0.6 is 0 Å². The van der Waals surface area contributed by atoms with E-state index in [0.717, 1.165) is 16.5 Å². The van der Waals surface area contributed by atoms with Gasteiger partial charge in [0.15, 0.2) is 5.82 Å². The molecule has 0 aliphatic carbocycles. The fraction of sp³-hybridized carbons (Fsp3) is 0.0833. The largest absolute Gasteiger partial charge is 0.497 e. The Hall–Kier alpha value is -2.63. The molecule has 3 aromatic rings. The molecule has 2 N–H and O–H groups in total. The molecule has 2 aromatic heterocycles. The van der Waals surface area contributed by atoms with Crippen LogP contribution in [-0.2, 0) is 0 Å². The molecule has 6 nitrogen and oxygen atoms in total. The van der Waals surface area contributed by atoms with Crippen LogP contribution in [0.1, 0.15) is 0 Å². The summed E-state index contributed by atoms with van der Waals surface area (Å²) < 4.78 is 6.76. The molecule has 0 aliphatic heterocycles. The van der Waals surface area contributed by atoms with Crippen LogP contribution in [0.25, 0.3) is 16.6 Å². The third kappa shape index (κ3) is 1.64. The van der Waals surface area contributed by atoms with Crippen LogP contribution in [0.3, 0.4) is 0 Å². The predicted octanol–water partition coefficient (Wildman–Crippen LogP) is 1.41. The Morgan fingerprint density at radius 2 is 2.11 bits per heavy atom. The van der Waals surface area contributed by atoms with E-state index in [1.807, 2.05) is 24.3 Å². The van der Waals surface area contributed by atoms with Crippen LogP contribution in [0.2, 0.25) is 0 Å². The van der Waals surface area contributed by atoms with Crippen molar-refractivity contribution < 1.29 is 4.74 Å². The maximum atomic E-state index is 5.51. The van der Waals surface area contributed by atoms with Gasteiger partial charge in [-0.25, -0.2) is 9.97 Å². The predicted molar refractivity (Wildman–Crippen MR) is 67.6 cm³/mol. The Labute approximate surface area is 103 Å². The van der Waals surface area contributed by atoms with E-state index in [0.29, 0.717) is 5.82 Å². The second-order valence-corrected chi connectivity index (χ2v) is 3.77. The summed E-state index contributed by atoms with van der Waals surface area (Å²) in [6.07, 6.45) is 3.26. The standard InChI is InChI=1S/C12H11N5O/c1-18-9-2-3-10-8(6-9)4-5-14-11(10)17-7-15-12(13)16-17/h2-7H,1H3,(H2,13,16). The minimum absolute atomic E-state index is 0.224. The highest BCUT2D eigenvalue weighted by atomic mass is 16.5. The molecular formula is C12H11N5O. The Bertz CT molecular complexity index is 707. The summed E-state index contributed by atoms with van der Waals surface area (Å²) in [5.41, 5.74) is 5.51. The summed E-state index contributed by atoms with van der Waals surface area (Å²) in [5, 5.41) is 6.05. The van der Waals surface area contributed by atoms with Crippen molar-refractivity contribution in [3.05, 3.63) is 36.8 Å². The number of pyridine rings is 1. The molecule has 0 saturated carbocycles. The zero-order valence-electron chi connectivity index (χ0n) is 9.74. The number of aromatic nitrogens is 4. The summed E-state index contributed by atoms with van der Waals surface area (Å²) in [6, 6.07) is 7.69. The molecule has 2 heterocycles. The molecule has 0 fully saturated rings. The Morgan fingerprint density at radius 1 is 1.22 bits per heavy atom. The number of anilines is 1. The maximum Gasteiger partial charge on any atom is 0.239 e. The molecule has 0 spiro atoms. The van der Waals surface area contributed by atoms with Gasteiger partial charge in [0.1, 0.15) is 12.1 Å². The minimum atomic E-state index is 0.224. The first-order valence-electron chi connectivity index (χ1n) is 5.38. The molecule has 18 heavy (non-hydrogen) atoms. The lowest BCUT2D eigenvalue weighted by Gasteiger charge is -2.06. The van der Waals surface area contributed by atoms with Crippen molar-refractivity contribution in [2.24, 2.45) is 0 Å². The van der Waals surface area contributed by atoms with Crippen molar-refractivity contribution in [3.8, 4) is 11.6 Å². The number of nitrogens with zero attached hydrogens (tertiary/aromatic N) is 4. The fourth-order valence-corrected chi connectivity index (χ4v) is 1.83. The third-order valence-corrected chi connectivity index (χ3v) is 2.68. The SMILES string of the molecule is COc1ccc2c(-n3cnc(N)n3)nccc2c1. The Kier molecular flexibility index (Phi) is 2.33. The second-order valence-electron chi connectivity index (χ2n) is 3.77. The summed E-state index contributed by atoms with van der Waals surface area (Å²) in [5.74, 6) is 1.72. The number of rotatable bonds is 2. The van der Waals surface area contributed by atoms with E-state index in [-0.39, 0.29) is 5.95 Å². The average molecular weight is 241 g/mol. The molecule has 6 heteroatoms. The third-order valence-electron chi connectivity index (χ3n) is 2.68. The lowest BCUT2D eigenvalue weighted by atomic mass is 10.1. The molecule has 0 amide bonds. The number of benzene rings is 1. The fourth-order valence-electron chi connectivity index (χ4n) is 1.83. The van der Waals surface area contributed by atoms with Crippen LogP contribution < -0.4 is 10.5 Å². The quantitative estimate of drug-likeness (QED) is 0.733. The molecule has 1 aromatic carbocycles. The van der Waals surface area contributed by atoms with E-state index in [4.69, 9.17) is 10.5 Å². The summed E-state index contributed by atoms with van der Waals surface area (Å²) in [4.78, 5) is 8.21. The zero-order chi connectivity index (χ0) is 12.5. The molecule has 0 unspecified atom stereocenters. The van der Waals surface area contributed by atoms with Crippen LogP contribution in [0, 0.1) is 0 Å². The molecule has 0 saturated heterocycles. The highest BCUT2D eigenvalue weighted by Gasteiger charge is 2.07. The first-order valence-corrected chi connectivity index (χ1v) is 5.38. The smallest absolute Gasteiger partial charge is 0.239 e. The van der Waals surface area contributed by atoms with Crippen molar-refractivity contribution in [2.45, 2.75) is 0 Å². The van der Waals surface area contributed by atoms with Gasteiger partial charge < -0.3 is 10.5 Å². The lowest BCUT2D eigenvalue weighted by Crippen LogP contribution is -2.00. The molecular weight excluding hydrogens is 230 g/mol. The molecule has 0 atom stereocenters. The van der Waals surface area contributed by atoms with Gasteiger partial charge in [-0.15, -0.1) is 5.10 Å². The second kappa shape index (κ2) is 3.99. The Morgan fingerprint density at radius 3 is 2.83 bits per heavy atom. The number of ether oxygens (including phenoxy) is 1. The van der Waals surface area contributed by atoms with Gasteiger partial charge in [-0.1, -0.05) is 0 Å². The molecule has 0 bridgehead atoms. The number of fused-ring (bicyclic) bond motifs is 1. The highest BCUT2D eigenvalue weighted by Crippen LogP contribution is 2.24. The van der Waals surface area contributed by atoms with Gasteiger partial charge in [0.25, 0.3) is 0 Å². The van der Waals surface area contributed by atoms with Crippen molar-refractivity contribution in [2.75, 3.05) is 12.8 Å². The zero-order valence-corrected chi connectivity index (χ0v) is 9.74. The van der Waals surface area contributed by atoms with Crippen LogP contribution in [0.15, 0.2) is 36.8 Å². The lowest BCUT2D eigenvalue weighted by molar-refractivity contribution is 0.415. The summed E-state index contributed by atoms with van der Waals surface area (Å²) >= 11 is 0. The molecule has 0 radical (unpaired) electrons. The topological polar surface area (TPSA) is 78.9 Å². The first-order chi connectivity index (χ1) is 8.78. The van der Waals surface area contributed by atoms with Crippen LogP contribution in [-0.4, -0.2) is 26.9 Å². The van der Waals surface area contributed by atoms with Crippen molar-refractivity contribution in [1.82, 2.24) is 19.7 Å². The number of methoxy groups -OCH3 is 1. The minimum Gasteiger partial charge on any atom is -0.497 e. The summed E-state index contributed by atoms with van der Waals surface area (Å²) in [7, 11) is 1.64. The van der Waals surface area contributed by atoms with E-state index < -0.39 is 0 Å². The van der Waals surface area contributed by atoms with Gasteiger partial charge >= 0.3 is 0 Å². The van der Waals surface area contributed by atoms with E-state index in [1.54, 1.807) is 24.3 Å². The molecule has 0 aliphatic rings. The van der Waals surface area contributed by atoms with Crippen LogP contribution in [0.4, 0.5) is 5.95 Å². The van der Waals surface area contributed by atoms with Gasteiger partial charge in [-0.2, -0.15) is 4.68 Å². The van der Waals surface area contributed by atoms with Crippen LogP contribution in [0.5, 0.6) is 5.75 Å². The van der Waals surface area contributed by atoms with E-state index in [2.05, 4.69) is 15.1 Å². The van der Waals surface area contributed by atoms with Crippen molar-refractivity contribution >= 4 is 16.7 Å². The van der Waals surface area contributed by atoms with Crippen molar-refractivity contribution in [3.63, 3.8) is 0 Å². The Balaban J connectivity index is 2.24. The highest BCUT2D eigenvalue weighted by molar-refractivity contribution is 5.89. The number of nitrogen functional groups attached to an aromatic ring is 1. The number of hydrogen-bond acceptors (Lipinski definition) is 5. The summed E-state index contributed by atoms with van der Waals surface area (Å²) in [6.45, 7) is 0. The monoisotopic (exact) mass is 241 g/mol. The number of hydrogen-bond donors (Lipinski definition) is 1. The van der Waals surface area contributed by atoms with Gasteiger partial charge in [0.2, 0.25) is 5.95 Å².